The van der Waals surface area contributed by atoms with Gasteiger partial charge in [-0.15, -0.1) is 0 Å². The number of aromatic hydroxyl groups is 1. The number of ether oxygens (including phenoxy) is 1. The number of H-pyrrole nitrogens is 1. The molecule has 1 aromatic heterocycles. The molecule has 0 aliphatic carbocycles. The Bertz CT molecular complexity index is 1080. The Balaban J connectivity index is 0.000000211. The van der Waals surface area contributed by atoms with E-state index in [9.17, 15) is 40.6 Å². The molecule has 13 nitrogen and oxygen atoms in total. The van der Waals surface area contributed by atoms with E-state index in [1.807, 2.05) is 18.5 Å². The van der Waals surface area contributed by atoms with E-state index in [-0.39, 0.29) is 5.75 Å². The van der Waals surface area contributed by atoms with Gasteiger partial charge in [-0.25, -0.2) is 4.98 Å². The molecule has 0 atom stereocenters. The van der Waals surface area contributed by atoms with Crippen LogP contribution in [0.2, 0.25) is 0 Å². The minimum Gasteiger partial charge on any atom is -0.863 e. The van der Waals surface area contributed by atoms with Gasteiger partial charge in [-0.1, -0.05) is 0 Å². The van der Waals surface area contributed by atoms with E-state index in [1.165, 1.54) is 7.11 Å². The van der Waals surface area contributed by atoms with Gasteiger partial charge in [0.2, 0.25) is 0 Å². The SMILES string of the molecule is COc1cc2cc[nH+]cc2cc1O.O=[N+]([O-])c1cc([N+](=O)[O-])c([O-])c([N+](=O)[O-])c1. The Morgan fingerprint density at radius 3 is 2.00 bits per heavy atom. The highest BCUT2D eigenvalue weighted by atomic mass is 16.6. The number of hydrogen-bond donors (Lipinski definition) is 1. The summed E-state index contributed by atoms with van der Waals surface area (Å²) in [5.74, 6) is -0.797. The first-order valence-corrected chi connectivity index (χ1v) is 7.60. The van der Waals surface area contributed by atoms with E-state index in [1.54, 1.807) is 12.1 Å². The molecule has 0 saturated heterocycles. The van der Waals surface area contributed by atoms with Crippen LogP contribution in [0.4, 0.5) is 17.1 Å². The smallest absolute Gasteiger partial charge is 0.283 e. The minimum absolute atomic E-state index is 0.162. The monoisotopic (exact) mass is 404 g/mol. The number of nitrogens with zero attached hydrogens (tertiary/aromatic N) is 3. The van der Waals surface area contributed by atoms with Crippen LogP contribution in [0, 0.1) is 30.3 Å². The van der Waals surface area contributed by atoms with E-state index in [0.717, 1.165) is 10.8 Å². The van der Waals surface area contributed by atoms with Gasteiger partial charge in [-0.2, -0.15) is 0 Å². The molecule has 0 bridgehead atoms. The summed E-state index contributed by atoms with van der Waals surface area (Å²) in [5, 5.41) is 53.6. The molecule has 3 aromatic rings. The maximum atomic E-state index is 11.1. The number of aromatic amines is 1. The van der Waals surface area contributed by atoms with Gasteiger partial charge in [0.15, 0.2) is 23.9 Å². The molecule has 0 radical (unpaired) electrons. The van der Waals surface area contributed by atoms with Crippen molar-refractivity contribution < 1.29 is 34.7 Å². The largest absolute Gasteiger partial charge is 0.863 e. The van der Waals surface area contributed by atoms with Crippen molar-refractivity contribution in [2.75, 3.05) is 7.11 Å². The number of aromatic nitrogens is 1. The summed E-state index contributed by atoms with van der Waals surface area (Å²) in [7, 11) is 1.54. The fourth-order valence-electron chi connectivity index (χ4n) is 2.27. The number of nitro benzene ring substituents is 3. The van der Waals surface area contributed by atoms with Crippen molar-refractivity contribution in [3.8, 4) is 17.2 Å². The van der Waals surface area contributed by atoms with E-state index in [2.05, 4.69) is 4.98 Å². The van der Waals surface area contributed by atoms with Crippen molar-refractivity contribution in [1.82, 2.24) is 0 Å². The number of non-ortho nitro benzene ring substituents is 1. The number of phenolic OH excluding ortho intramolecular Hbond substituents is 1. The highest BCUT2D eigenvalue weighted by molar-refractivity contribution is 5.84. The number of rotatable bonds is 4. The van der Waals surface area contributed by atoms with Crippen LogP contribution in [0.3, 0.4) is 0 Å². The van der Waals surface area contributed by atoms with E-state index < -0.39 is 37.6 Å². The standard InChI is InChI=1S/C10H9NO2.C6H3N3O7/c1-13-10-5-7-2-3-11-6-8(7)4-9(10)12;10-6-4(8(13)14)1-3(7(11)12)2-5(6)9(15)16/h2-6,12H,1H3;1-2,10H. The molecule has 0 aliphatic heterocycles. The third-order valence-corrected chi connectivity index (χ3v) is 3.62. The topological polar surface area (TPSA) is 196 Å². The average molecular weight is 404 g/mol. The van der Waals surface area contributed by atoms with Gasteiger partial charge in [0.05, 0.1) is 39.8 Å². The van der Waals surface area contributed by atoms with Crippen LogP contribution in [0.5, 0.6) is 17.2 Å². The lowest BCUT2D eigenvalue weighted by Gasteiger charge is -2.06. The minimum atomic E-state index is -1.46. The van der Waals surface area contributed by atoms with Crippen molar-refractivity contribution in [2.24, 2.45) is 0 Å². The molecule has 2 aromatic carbocycles. The molecule has 29 heavy (non-hydrogen) atoms. The number of phenols is 1. The third kappa shape index (κ3) is 4.60. The summed E-state index contributed by atoms with van der Waals surface area (Å²) < 4.78 is 4.99. The zero-order valence-electron chi connectivity index (χ0n) is 14.6. The predicted molar refractivity (Wildman–Crippen MR) is 94.6 cm³/mol. The first kappa shape index (κ1) is 20.8. The molecule has 0 unspecified atom stereocenters. The van der Waals surface area contributed by atoms with Crippen LogP contribution in [-0.2, 0) is 0 Å². The lowest BCUT2D eigenvalue weighted by Crippen LogP contribution is -2.04. The maximum absolute atomic E-state index is 11.1. The van der Waals surface area contributed by atoms with E-state index in [4.69, 9.17) is 4.74 Å². The second kappa shape index (κ2) is 8.43. The molecule has 0 aliphatic rings. The lowest BCUT2D eigenvalue weighted by molar-refractivity contribution is -0.420. The summed E-state index contributed by atoms with van der Waals surface area (Å²) in [5.41, 5.74) is -3.26. The Labute approximate surface area is 160 Å². The van der Waals surface area contributed by atoms with Gasteiger partial charge in [-0.05, 0) is 17.5 Å². The van der Waals surface area contributed by atoms with Gasteiger partial charge in [0, 0.05) is 11.5 Å². The van der Waals surface area contributed by atoms with Gasteiger partial charge < -0.3 is 14.9 Å². The van der Waals surface area contributed by atoms with Crippen LogP contribution in [0.15, 0.2) is 42.7 Å². The number of methoxy groups -OCH3 is 1. The number of pyridine rings is 1. The second-order valence-corrected chi connectivity index (χ2v) is 5.38. The second-order valence-electron chi connectivity index (χ2n) is 5.38. The summed E-state index contributed by atoms with van der Waals surface area (Å²) in [4.78, 5) is 30.5. The Kier molecular flexibility index (Phi) is 6.03. The highest BCUT2D eigenvalue weighted by Gasteiger charge is 2.24. The zero-order chi connectivity index (χ0) is 21.7. The van der Waals surface area contributed by atoms with Crippen LogP contribution in [0.25, 0.3) is 10.8 Å². The molecule has 0 amide bonds. The first-order valence-electron chi connectivity index (χ1n) is 7.60. The van der Waals surface area contributed by atoms with Crippen molar-refractivity contribution in [3.05, 3.63) is 73.1 Å². The average Bonchev–Trinajstić information content (AvgIpc) is 2.67. The number of nitro groups is 3. The molecular formula is C16H12N4O9. The van der Waals surface area contributed by atoms with E-state index >= 15 is 0 Å². The molecular weight excluding hydrogens is 392 g/mol. The van der Waals surface area contributed by atoms with Crippen LogP contribution >= 0.6 is 0 Å². The number of nitrogens with one attached hydrogen (secondary N) is 1. The molecule has 3 rings (SSSR count). The molecule has 13 heteroatoms. The number of benzene rings is 2. The quantitative estimate of drug-likeness (QED) is 0.498. The normalized spacial score (nSPS) is 9.97. The van der Waals surface area contributed by atoms with Crippen molar-refractivity contribution in [3.63, 3.8) is 0 Å². The molecule has 0 spiro atoms. The van der Waals surface area contributed by atoms with Gasteiger partial charge in [0.25, 0.3) is 17.1 Å². The molecule has 0 fully saturated rings. The van der Waals surface area contributed by atoms with E-state index in [0.29, 0.717) is 17.9 Å². The highest BCUT2D eigenvalue weighted by Crippen LogP contribution is 2.36. The zero-order valence-corrected chi connectivity index (χ0v) is 14.6. The number of hydrogen-bond acceptors (Lipinski definition) is 9. The lowest BCUT2D eigenvalue weighted by atomic mass is 10.1. The van der Waals surface area contributed by atoms with Crippen LogP contribution < -0.4 is 14.8 Å². The van der Waals surface area contributed by atoms with Crippen molar-refractivity contribution in [1.29, 1.82) is 0 Å². The van der Waals surface area contributed by atoms with Crippen LogP contribution in [-0.4, -0.2) is 27.0 Å². The first-order chi connectivity index (χ1) is 13.6. The van der Waals surface area contributed by atoms with Crippen molar-refractivity contribution >= 4 is 27.8 Å². The number of fused-ring (bicyclic) bond motifs is 1. The van der Waals surface area contributed by atoms with Crippen LogP contribution in [0.1, 0.15) is 0 Å². The molecule has 1 heterocycles. The summed E-state index contributed by atoms with van der Waals surface area (Å²) in [6, 6.07) is 6.17. The molecule has 150 valence electrons. The predicted octanol–water partition coefficient (Wildman–Crippen LogP) is 1.85. The fraction of sp³-hybridized carbons (Fsp3) is 0.0625. The Morgan fingerprint density at radius 2 is 1.52 bits per heavy atom. The summed E-state index contributed by atoms with van der Waals surface area (Å²) in [6.45, 7) is 0. The van der Waals surface area contributed by atoms with Gasteiger partial charge in [0.1, 0.15) is 0 Å². The summed E-state index contributed by atoms with van der Waals surface area (Å²) >= 11 is 0. The third-order valence-electron chi connectivity index (χ3n) is 3.62. The Morgan fingerprint density at radius 1 is 0.931 bits per heavy atom. The van der Waals surface area contributed by atoms with Gasteiger partial charge in [-0.3, -0.25) is 30.3 Å². The maximum Gasteiger partial charge on any atom is 0.283 e. The summed E-state index contributed by atoms with van der Waals surface area (Å²) in [6.07, 6.45) is 3.66. The van der Waals surface area contributed by atoms with Crippen molar-refractivity contribution in [2.45, 2.75) is 0 Å². The Hall–Kier alpha value is -4.55. The molecule has 2 N–H and O–H groups in total. The fourth-order valence-corrected chi connectivity index (χ4v) is 2.27. The van der Waals surface area contributed by atoms with Gasteiger partial charge >= 0.3 is 0 Å². The molecule has 0 saturated carbocycles.